The van der Waals surface area contributed by atoms with Crippen LogP contribution in [0.25, 0.3) is 0 Å². The fraction of sp³-hybridized carbons (Fsp3) is 0.350. The van der Waals surface area contributed by atoms with Crippen molar-refractivity contribution >= 4 is 5.91 Å². The lowest BCUT2D eigenvalue weighted by Crippen LogP contribution is -2.36. The number of alkyl halides is 3. The molecule has 4 nitrogen and oxygen atoms in total. The lowest BCUT2D eigenvalue weighted by atomic mass is 10.1. The Labute approximate surface area is 156 Å². The molecule has 27 heavy (non-hydrogen) atoms. The van der Waals surface area contributed by atoms with Gasteiger partial charge in [0, 0.05) is 13.1 Å². The molecule has 2 aromatic rings. The van der Waals surface area contributed by atoms with Crippen molar-refractivity contribution in [1.82, 2.24) is 10.2 Å². The molecular formula is C20H23F3N2O2. The Morgan fingerprint density at radius 1 is 1.04 bits per heavy atom. The number of nitrogens with zero attached hydrogens (tertiary/aromatic N) is 1. The number of hydrogen-bond donors (Lipinski definition) is 1. The Morgan fingerprint density at radius 2 is 1.67 bits per heavy atom. The highest BCUT2D eigenvalue weighted by atomic mass is 19.4. The van der Waals surface area contributed by atoms with Crippen LogP contribution in [0.5, 0.6) is 5.75 Å². The fourth-order valence-corrected chi connectivity index (χ4v) is 2.44. The predicted molar refractivity (Wildman–Crippen MR) is 97.2 cm³/mol. The number of halogens is 3. The predicted octanol–water partition coefficient (Wildman–Crippen LogP) is 3.77. The summed E-state index contributed by atoms with van der Waals surface area (Å²) in [6, 6.07) is 17.0. The number of amides is 1. The number of carbonyl (C=O) groups is 1. The number of carbonyl (C=O) groups excluding carboxylic acids is 1. The van der Waals surface area contributed by atoms with Gasteiger partial charge in [-0.3, -0.25) is 9.69 Å². The van der Waals surface area contributed by atoms with Gasteiger partial charge in [0.05, 0.1) is 13.0 Å². The van der Waals surface area contributed by atoms with Gasteiger partial charge in [0.25, 0.3) is 0 Å². The second-order valence-electron chi connectivity index (χ2n) is 6.25. The van der Waals surface area contributed by atoms with Crippen molar-refractivity contribution in [2.45, 2.75) is 25.7 Å². The molecule has 0 fully saturated rings. The molecule has 0 aliphatic heterocycles. The van der Waals surface area contributed by atoms with Crippen molar-refractivity contribution in [1.29, 1.82) is 0 Å². The summed E-state index contributed by atoms with van der Waals surface area (Å²) >= 11 is 0. The van der Waals surface area contributed by atoms with Gasteiger partial charge in [-0.05, 0) is 30.3 Å². The van der Waals surface area contributed by atoms with Gasteiger partial charge >= 0.3 is 6.18 Å². The lowest BCUT2D eigenvalue weighted by Gasteiger charge is -2.17. The average Bonchev–Trinajstić information content (AvgIpc) is 2.64. The van der Waals surface area contributed by atoms with Gasteiger partial charge < -0.3 is 10.1 Å². The molecule has 0 radical (unpaired) electrons. The number of para-hydroxylation sites is 1. The molecule has 0 aliphatic rings. The van der Waals surface area contributed by atoms with Gasteiger partial charge in [-0.2, -0.15) is 13.2 Å². The molecule has 0 saturated carbocycles. The first-order valence-electron chi connectivity index (χ1n) is 8.60. The summed E-state index contributed by atoms with van der Waals surface area (Å²) in [5.74, 6) is 0.432. The standard InChI is InChI=1S/C20H23F3N2O2/c1-25(12-11-20(21,22)23)14-19(26)24-13-16-7-5-6-8-17(16)15-27-18-9-3-2-4-10-18/h2-10H,11-15H2,1H3,(H,24,26). The monoisotopic (exact) mass is 380 g/mol. The zero-order valence-electron chi connectivity index (χ0n) is 15.1. The topological polar surface area (TPSA) is 41.6 Å². The van der Waals surface area contributed by atoms with Crippen molar-refractivity contribution in [3.05, 3.63) is 65.7 Å². The quantitative estimate of drug-likeness (QED) is 0.720. The van der Waals surface area contributed by atoms with Crippen LogP contribution in [0.3, 0.4) is 0 Å². The van der Waals surface area contributed by atoms with Crippen LogP contribution < -0.4 is 10.1 Å². The van der Waals surface area contributed by atoms with Crippen LogP contribution in [-0.4, -0.2) is 37.1 Å². The number of ether oxygens (including phenoxy) is 1. The third-order valence-electron chi connectivity index (χ3n) is 3.92. The minimum atomic E-state index is -4.22. The first kappa shape index (κ1) is 20.8. The van der Waals surface area contributed by atoms with E-state index < -0.39 is 12.6 Å². The van der Waals surface area contributed by atoms with Gasteiger partial charge in [0.15, 0.2) is 0 Å². The van der Waals surface area contributed by atoms with E-state index in [0.717, 1.165) is 16.9 Å². The largest absolute Gasteiger partial charge is 0.489 e. The summed E-state index contributed by atoms with van der Waals surface area (Å²) in [4.78, 5) is 13.3. The molecule has 0 atom stereocenters. The van der Waals surface area contributed by atoms with Crippen LogP contribution in [0.2, 0.25) is 0 Å². The van der Waals surface area contributed by atoms with Crippen molar-refractivity contribution in [3.63, 3.8) is 0 Å². The SMILES string of the molecule is CN(CCC(F)(F)F)CC(=O)NCc1ccccc1COc1ccccc1. The van der Waals surface area contributed by atoms with Crippen LogP contribution in [0.15, 0.2) is 54.6 Å². The molecule has 1 amide bonds. The summed E-state index contributed by atoms with van der Waals surface area (Å²) in [6.07, 6.45) is -5.15. The Bertz CT molecular complexity index is 721. The molecule has 0 bridgehead atoms. The number of rotatable bonds is 9. The van der Waals surface area contributed by atoms with E-state index in [9.17, 15) is 18.0 Å². The van der Waals surface area contributed by atoms with Crippen molar-refractivity contribution in [2.75, 3.05) is 20.1 Å². The van der Waals surface area contributed by atoms with Gasteiger partial charge in [-0.25, -0.2) is 0 Å². The molecule has 146 valence electrons. The van der Waals surface area contributed by atoms with Crippen molar-refractivity contribution < 1.29 is 22.7 Å². The lowest BCUT2D eigenvalue weighted by molar-refractivity contribution is -0.139. The number of likely N-dealkylation sites (N-methyl/N-ethyl adjacent to an activating group) is 1. The summed E-state index contributed by atoms with van der Waals surface area (Å²) < 4.78 is 42.4. The summed E-state index contributed by atoms with van der Waals surface area (Å²) in [5, 5.41) is 2.75. The van der Waals surface area contributed by atoms with Crippen LogP contribution in [-0.2, 0) is 17.9 Å². The van der Waals surface area contributed by atoms with Crippen LogP contribution in [0, 0.1) is 0 Å². The van der Waals surface area contributed by atoms with E-state index in [1.807, 2.05) is 54.6 Å². The van der Waals surface area contributed by atoms with Gasteiger partial charge in [-0.15, -0.1) is 0 Å². The van der Waals surface area contributed by atoms with Gasteiger partial charge in [0.2, 0.25) is 5.91 Å². The first-order valence-corrected chi connectivity index (χ1v) is 8.60. The Kier molecular flexibility index (Phi) is 7.67. The maximum Gasteiger partial charge on any atom is 0.390 e. The number of nitrogens with one attached hydrogen (secondary N) is 1. The van der Waals surface area contributed by atoms with E-state index in [1.54, 1.807) is 0 Å². The molecule has 1 N–H and O–H groups in total. The summed E-state index contributed by atoms with van der Waals surface area (Å²) in [6.45, 7) is 0.360. The third kappa shape index (κ3) is 8.13. The van der Waals surface area contributed by atoms with Crippen LogP contribution in [0.4, 0.5) is 13.2 Å². The normalized spacial score (nSPS) is 11.4. The highest BCUT2D eigenvalue weighted by molar-refractivity contribution is 5.78. The second kappa shape index (κ2) is 9.97. The van der Waals surface area contributed by atoms with E-state index in [-0.39, 0.29) is 19.0 Å². The second-order valence-corrected chi connectivity index (χ2v) is 6.25. The Balaban J connectivity index is 1.82. The number of hydrogen-bond acceptors (Lipinski definition) is 3. The van der Waals surface area contributed by atoms with Crippen LogP contribution in [0.1, 0.15) is 17.5 Å². The zero-order valence-corrected chi connectivity index (χ0v) is 15.1. The van der Waals surface area contributed by atoms with E-state index in [1.165, 1.54) is 11.9 Å². The minimum absolute atomic E-state index is 0.0846. The maximum absolute atomic E-state index is 12.2. The molecule has 0 aliphatic carbocycles. The zero-order chi connectivity index (χ0) is 19.7. The third-order valence-corrected chi connectivity index (χ3v) is 3.92. The smallest absolute Gasteiger partial charge is 0.390 e. The molecule has 7 heteroatoms. The van der Waals surface area contributed by atoms with Gasteiger partial charge in [0.1, 0.15) is 12.4 Å². The van der Waals surface area contributed by atoms with E-state index in [4.69, 9.17) is 4.74 Å². The molecule has 2 rings (SSSR count). The Morgan fingerprint density at radius 3 is 2.33 bits per heavy atom. The van der Waals surface area contributed by atoms with Gasteiger partial charge in [-0.1, -0.05) is 42.5 Å². The molecule has 0 saturated heterocycles. The molecule has 0 heterocycles. The summed E-state index contributed by atoms with van der Waals surface area (Å²) in [5.41, 5.74) is 1.84. The average molecular weight is 380 g/mol. The summed E-state index contributed by atoms with van der Waals surface area (Å²) in [7, 11) is 1.49. The molecule has 0 unspecified atom stereocenters. The molecule has 2 aromatic carbocycles. The highest BCUT2D eigenvalue weighted by Crippen LogP contribution is 2.19. The maximum atomic E-state index is 12.2. The number of benzene rings is 2. The fourth-order valence-electron chi connectivity index (χ4n) is 2.44. The molecule has 0 aromatic heterocycles. The molecule has 0 spiro atoms. The van der Waals surface area contributed by atoms with E-state index in [0.29, 0.717) is 13.2 Å². The Hall–Kier alpha value is -2.54. The molecular weight excluding hydrogens is 357 g/mol. The van der Waals surface area contributed by atoms with E-state index in [2.05, 4.69) is 5.32 Å². The van der Waals surface area contributed by atoms with E-state index >= 15 is 0 Å². The van der Waals surface area contributed by atoms with Crippen molar-refractivity contribution in [3.8, 4) is 5.75 Å². The minimum Gasteiger partial charge on any atom is -0.489 e. The first-order chi connectivity index (χ1) is 12.8. The van der Waals surface area contributed by atoms with Crippen molar-refractivity contribution in [2.24, 2.45) is 0 Å². The highest BCUT2D eigenvalue weighted by Gasteiger charge is 2.27. The van der Waals surface area contributed by atoms with Crippen LogP contribution >= 0.6 is 0 Å².